The Kier molecular flexibility index (Phi) is 4.71. The van der Waals surface area contributed by atoms with Crippen molar-refractivity contribution in [1.29, 1.82) is 0 Å². The van der Waals surface area contributed by atoms with Crippen molar-refractivity contribution in [1.82, 2.24) is 4.90 Å². The molecule has 0 saturated heterocycles. The lowest BCUT2D eigenvalue weighted by molar-refractivity contribution is -0.131. The SMILES string of the molecule is CCN(C)C(=O)COc1cc(C(=O)O)ccc1C. The van der Waals surface area contributed by atoms with E-state index in [1.165, 1.54) is 17.0 Å². The van der Waals surface area contributed by atoms with Crippen LogP contribution < -0.4 is 4.74 Å². The monoisotopic (exact) mass is 251 g/mol. The molecule has 0 aliphatic rings. The van der Waals surface area contributed by atoms with Crippen molar-refractivity contribution in [2.75, 3.05) is 20.2 Å². The molecule has 0 saturated carbocycles. The van der Waals surface area contributed by atoms with Gasteiger partial charge in [-0.3, -0.25) is 4.79 Å². The zero-order chi connectivity index (χ0) is 13.7. The van der Waals surface area contributed by atoms with E-state index in [-0.39, 0.29) is 18.1 Å². The van der Waals surface area contributed by atoms with E-state index in [1.54, 1.807) is 20.0 Å². The summed E-state index contributed by atoms with van der Waals surface area (Å²) in [5, 5.41) is 8.87. The lowest BCUT2D eigenvalue weighted by Gasteiger charge is -2.15. The fourth-order valence-electron chi connectivity index (χ4n) is 1.31. The molecule has 5 nitrogen and oxygen atoms in total. The number of ether oxygens (including phenoxy) is 1. The first-order valence-corrected chi connectivity index (χ1v) is 5.66. The van der Waals surface area contributed by atoms with Crippen LogP contribution in [0.1, 0.15) is 22.8 Å². The number of carboxylic acids is 1. The molecular weight excluding hydrogens is 234 g/mol. The molecule has 5 heteroatoms. The molecule has 0 heterocycles. The molecule has 0 atom stereocenters. The zero-order valence-corrected chi connectivity index (χ0v) is 10.8. The number of carbonyl (C=O) groups excluding carboxylic acids is 1. The van der Waals surface area contributed by atoms with Gasteiger partial charge in [-0.05, 0) is 31.5 Å². The van der Waals surface area contributed by atoms with E-state index < -0.39 is 5.97 Å². The molecule has 0 aliphatic heterocycles. The molecule has 18 heavy (non-hydrogen) atoms. The molecule has 98 valence electrons. The second-order valence-electron chi connectivity index (χ2n) is 3.98. The van der Waals surface area contributed by atoms with Gasteiger partial charge in [0.05, 0.1) is 5.56 Å². The Hall–Kier alpha value is -2.04. The van der Waals surface area contributed by atoms with Gasteiger partial charge in [-0.2, -0.15) is 0 Å². The fraction of sp³-hybridized carbons (Fsp3) is 0.385. The van der Waals surface area contributed by atoms with Crippen molar-refractivity contribution in [3.63, 3.8) is 0 Å². The van der Waals surface area contributed by atoms with Crippen LogP contribution in [-0.2, 0) is 4.79 Å². The largest absolute Gasteiger partial charge is 0.483 e. The van der Waals surface area contributed by atoms with E-state index in [4.69, 9.17) is 9.84 Å². The van der Waals surface area contributed by atoms with Crippen LogP contribution in [0.5, 0.6) is 5.75 Å². The molecule has 1 aromatic rings. The average molecular weight is 251 g/mol. The summed E-state index contributed by atoms with van der Waals surface area (Å²) in [6.07, 6.45) is 0. The first-order valence-electron chi connectivity index (χ1n) is 5.66. The summed E-state index contributed by atoms with van der Waals surface area (Å²) in [7, 11) is 1.69. The number of aryl methyl sites for hydroxylation is 1. The van der Waals surface area contributed by atoms with Crippen LogP contribution in [0.15, 0.2) is 18.2 Å². The van der Waals surface area contributed by atoms with Crippen molar-refractivity contribution >= 4 is 11.9 Å². The molecule has 0 bridgehead atoms. The van der Waals surface area contributed by atoms with Crippen molar-refractivity contribution in [2.45, 2.75) is 13.8 Å². The molecule has 0 unspecified atom stereocenters. The molecule has 0 fully saturated rings. The Balaban J connectivity index is 2.75. The number of nitrogens with zero attached hydrogens (tertiary/aromatic N) is 1. The van der Waals surface area contributed by atoms with Crippen molar-refractivity contribution in [3.8, 4) is 5.75 Å². The van der Waals surface area contributed by atoms with E-state index in [0.29, 0.717) is 12.3 Å². The first kappa shape index (κ1) is 14.0. The van der Waals surface area contributed by atoms with Crippen molar-refractivity contribution in [3.05, 3.63) is 29.3 Å². The molecule has 1 amide bonds. The third-order valence-corrected chi connectivity index (χ3v) is 2.69. The van der Waals surface area contributed by atoms with E-state index in [2.05, 4.69) is 0 Å². The van der Waals surface area contributed by atoms with Gasteiger partial charge in [-0.1, -0.05) is 6.07 Å². The molecule has 1 N–H and O–H groups in total. The highest BCUT2D eigenvalue weighted by molar-refractivity contribution is 5.88. The zero-order valence-electron chi connectivity index (χ0n) is 10.8. The predicted molar refractivity (Wildman–Crippen MR) is 66.9 cm³/mol. The number of hydrogen-bond acceptors (Lipinski definition) is 3. The number of carbonyl (C=O) groups is 2. The fourth-order valence-corrected chi connectivity index (χ4v) is 1.31. The van der Waals surface area contributed by atoms with Gasteiger partial charge in [0.2, 0.25) is 0 Å². The first-order chi connectivity index (χ1) is 8.45. The summed E-state index contributed by atoms with van der Waals surface area (Å²) in [5.41, 5.74) is 0.943. The highest BCUT2D eigenvalue weighted by Gasteiger charge is 2.10. The highest BCUT2D eigenvalue weighted by atomic mass is 16.5. The summed E-state index contributed by atoms with van der Waals surface area (Å²) in [6.45, 7) is 4.19. The molecule has 0 spiro atoms. The maximum atomic E-state index is 11.6. The highest BCUT2D eigenvalue weighted by Crippen LogP contribution is 2.19. The summed E-state index contributed by atoms with van der Waals surface area (Å²) in [5.74, 6) is -0.734. The van der Waals surface area contributed by atoms with E-state index in [0.717, 1.165) is 5.56 Å². The van der Waals surface area contributed by atoms with Crippen LogP contribution in [0.2, 0.25) is 0 Å². The average Bonchev–Trinajstić information content (AvgIpc) is 2.36. The summed E-state index contributed by atoms with van der Waals surface area (Å²) >= 11 is 0. The summed E-state index contributed by atoms with van der Waals surface area (Å²) in [4.78, 5) is 23.9. The van der Waals surface area contributed by atoms with Gasteiger partial charge in [-0.25, -0.2) is 4.79 Å². The van der Waals surface area contributed by atoms with Crippen LogP contribution in [0.25, 0.3) is 0 Å². The maximum absolute atomic E-state index is 11.6. The number of hydrogen-bond donors (Lipinski definition) is 1. The maximum Gasteiger partial charge on any atom is 0.335 e. The van der Waals surface area contributed by atoms with Crippen LogP contribution in [-0.4, -0.2) is 42.1 Å². The lowest BCUT2D eigenvalue weighted by atomic mass is 10.1. The minimum atomic E-state index is -1.02. The van der Waals surface area contributed by atoms with Crippen molar-refractivity contribution < 1.29 is 19.4 Å². The van der Waals surface area contributed by atoms with Gasteiger partial charge in [0.15, 0.2) is 6.61 Å². The van der Waals surface area contributed by atoms with Gasteiger partial charge >= 0.3 is 5.97 Å². The smallest absolute Gasteiger partial charge is 0.335 e. The number of aromatic carboxylic acids is 1. The number of likely N-dealkylation sites (N-methyl/N-ethyl adjacent to an activating group) is 1. The molecule has 0 aliphatic carbocycles. The van der Waals surface area contributed by atoms with E-state index in [1.807, 2.05) is 6.92 Å². The quantitative estimate of drug-likeness (QED) is 0.862. The van der Waals surface area contributed by atoms with Crippen LogP contribution >= 0.6 is 0 Å². The Labute approximate surface area is 106 Å². The number of carboxylic acid groups (broad SMARTS) is 1. The molecule has 1 rings (SSSR count). The second-order valence-corrected chi connectivity index (χ2v) is 3.98. The molecule has 0 radical (unpaired) electrons. The summed E-state index contributed by atoms with van der Waals surface area (Å²) in [6, 6.07) is 4.59. The Morgan fingerprint density at radius 2 is 2.06 bits per heavy atom. The Morgan fingerprint density at radius 3 is 2.61 bits per heavy atom. The Bertz CT molecular complexity index is 456. The number of amides is 1. The minimum Gasteiger partial charge on any atom is -0.483 e. The topological polar surface area (TPSA) is 66.8 Å². The standard InChI is InChI=1S/C13H17NO4/c1-4-14(3)12(15)8-18-11-7-10(13(16)17)6-5-9(11)2/h5-7H,4,8H2,1-3H3,(H,16,17). The molecular formula is C13H17NO4. The lowest BCUT2D eigenvalue weighted by Crippen LogP contribution is -2.31. The van der Waals surface area contributed by atoms with Crippen LogP contribution in [0, 0.1) is 6.92 Å². The van der Waals surface area contributed by atoms with Crippen LogP contribution in [0.3, 0.4) is 0 Å². The second kappa shape index (κ2) is 6.05. The molecule has 0 aromatic heterocycles. The van der Waals surface area contributed by atoms with Gasteiger partial charge in [0.25, 0.3) is 5.91 Å². The molecule has 1 aromatic carbocycles. The van der Waals surface area contributed by atoms with Gasteiger partial charge < -0.3 is 14.7 Å². The Morgan fingerprint density at radius 1 is 1.39 bits per heavy atom. The third kappa shape index (κ3) is 3.48. The van der Waals surface area contributed by atoms with Crippen LogP contribution in [0.4, 0.5) is 0 Å². The summed E-state index contributed by atoms with van der Waals surface area (Å²) < 4.78 is 5.36. The van der Waals surface area contributed by atoms with Gasteiger partial charge in [-0.15, -0.1) is 0 Å². The normalized spacial score (nSPS) is 9.94. The minimum absolute atomic E-state index is 0.0890. The van der Waals surface area contributed by atoms with Gasteiger partial charge in [0.1, 0.15) is 5.75 Å². The number of rotatable bonds is 5. The van der Waals surface area contributed by atoms with E-state index >= 15 is 0 Å². The van der Waals surface area contributed by atoms with E-state index in [9.17, 15) is 9.59 Å². The third-order valence-electron chi connectivity index (χ3n) is 2.69. The number of benzene rings is 1. The predicted octanol–water partition coefficient (Wildman–Crippen LogP) is 1.55. The van der Waals surface area contributed by atoms with Crippen molar-refractivity contribution in [2.24, 2.45) is 0 Å². The van der Waals surface area contributed by atoms with Gasteiger partial charge in [0, 0.05) is 13.6 Å².